The molecule has 42 heavy (non-hydrogen) atoms. The number of aromatic nitrogens is 2. The molecule has 0 unspecified atom stereocenters. The van der Waals surface area contributed by atoms with Crippen molar-refractivity contribution in [3.05, 3.63) is 59.8 Å². The van der Waals surface area contributed by atoms with Gasteiger partial charge in [0.1, 0.15) is 5.69 Å². The average molecular weight is 630 g/mol. The number of fused-ring (bicyclic) bond motifs is 1. The minimum Gasteiger partial charge on any atom is -0.466 e. The normalized spacial score (nSPS) is 15.5. The first-order valence-electron chi connectivity index (χ1n) is 13.3. The van der Waals surface area contributed by atoms with Crippen LogP contribution in [0.2, 0.25) is 0 Å². The van der Waals surface area contributed by atoms with E-state index in [0.29, 0.717) is 25.9 Å². The minimum absolute atomic E-state index is 0.0346. The number of ether oxygens (including phenoxy) is 1. The van der Waals surface area contributed by atoms with Gasteiger partial charge < -0.3 is 8.92 Å². The first kappa shape index (κ1) is 31.6. The molecule has 0 amide bonds. The van der Waals surface area contributed by atoms with Gasteiger partial charge in [0.15, 0.2) is 0 Å². The number of esters is 1. The molecule has 1 aliphatic rings. The Balaban J connectivity index is 1.58. The Morgan fingerprint density at radius 3 is 2.31 bits per heavy atom. The van der Waals surface area contributed by atoms with E-state index >= 15 is 0 Å². The zero-order chi connectivity index (χ0) is 30.5. The van der Waals surface area contributed by atoms with Crippen molar-refractivity contribution in [2.45, 2.75) is 61.8 Å². The van der Waals surface area contributed by atoms with Crippen LogP contribution in [0.4, 0.5) is 13.2 Å². The van der Waals surface area contributed by atoms with E-state index in [4.69, 9.17) is 4.74 Å². The van der Waals surface area contributed by atoms with Crippen LogP contribution in [0.15, 0.2) is 53.4 Å². The number of piperidine rings is 1. The highest BCUT2D eigenvalue weighted by Crippen LogP contribution is 2.33. The Bertz CT molecular complexity index is 1630. The van der Waals surface area contributed by atoms with E-state index in [-0.39, 0.29) is 59.8 Å². The minimum atomic E-state index is -6.04. The first-order chi connectivity index (χ1) is 19.8. The largest absolute Gasteiger partial charge is 0.534 e. The molecule has 2 heterocycles. The molecule has 228 valence electrons. The van der Waals surface area contributed by atoms with Gasteiger partial charge in [0.05, 0.1) is 22.5 Å². The monoisotopic (exact) mass is 629 g/mol. The van der Waals surface area contributed by atoms with E-state index in [1.54, 1.807) is 6.92 Å². The number of aryl methyl sites for hydroxylation is 1. The number of carbonyl (C=O) groups excluding carboxylic acids is 1. The number of halogens is 3. The summed E-state index contributed by atoms with van der Waals surface area (Å²) in [6, 6.07) is 13.6. The average Bonchev–Trinajstić information content (AvgIpc) is 2.95. The van der Waals surface area contributed by atoms with Crippen molar-refractivity contribution < 1.29 is 43.7 Å². The van der Waals surface area contributed by atoms with Crippen molar-refractivity contribution in [1.82, 2.24) is 14.3 Å². The van der Waals surface area contributed by atoms with Gasteiger partial charge in [-0.3, -0.25) is 4.79 Å². The topological polar surface area (TPSA) is 133 Å². The Kier molecular flexibility index (Phi) is 9.73. The predicted octanol–water partition coefficient (Wildman–Crippen LogP) is 4.70. The number of hydrogen-bond acceptors (Lipinski definition) is 9. The first-order valence-corrected chi connectivity index (χ1v) is 16.2. The molecule has 0 atom stereocenters. The number of alkyl halides is 3. The Hall–Kier alpha value is -3.30. The molecule has 0 spiro atoms. The van der Waals surface area contributed by atoms with Crippen LogP contribution in [-0.4, -0.2) is 62.3 Å². The van der Waals surface area contributed by atoms with E-state index in [1.165, 1.54) is 22.5 Å². The van der Waals surface area contributed by atoms with Gasteiger partial charge in [-0.25, -0.2) is 18.4 Å². The number of benzene rings is 2. The molecule has 0 N–H and O–H groups in total. The van der Waals surface area contributed by atoms with Crippen LogP contribution in [0.1, 0.15) is 56.2 Å². The highest BCUT2D eigenvalue weighted by Gasteiger charge is 2.49. The van der Waals surface area contributed by atoms with E-state index in [0.717, 1.165) is 5.56 Å². The second kappa shape index (κ2) is 12.9. The number of hydrogen-bond donors (Lipinski definition) is 0. The van der Waals surface area contributed by atoms with Crippen molar-refractivity contribution in [3.63, 3.8) is 0 Å². The van der Waals surface area contributed by atoms with Gasteiger partial charge in [-0.15, -0.1) is 0 Å². The number of nitrogens with zero attached hydrogens (tertiary/aromatic N) is 3. The van der Waals surface area contributed by atoms with Gasteiger partial charge in [0.2, 0.25) is 10.0 Å². The third-order valence-electron chi connectivity index (χ3n) is 6.86. The van der Waals surface area contributed by atoms with Crippen molar-refractivity contribution in [2.24, 2.45) is 0 Å². The quantitative estimate of drug-likeness (QED) is 0.128. The van der Waals surface area contributed by atoms with Crippen LogP contribution in [0.3, 0.4) is 0 Å². The lowest BCUT2D eigenvalue weighted by Gasteiger charge is -2.31. The van der Waals surface area contributed by atoms with E-state index in [9.17, 15) is 34.8 Å². The molecule has 3 aromatic rings. The van der Waals surface area contributed by atoms with Crippen LogP contribution in [0, 0.1) is 0 Å². The van der Waals surface area contributed by atoms with Crippen molar-refractivity contribution in [3.8, 4) is 5.88 Å². The number of rotatable bonds is 11. The summed E-state index contributed by atoms with van der Waals surface area (Å²) >= 11 is 0. The fraction of sp³-hybridized carbons (Fsp3) is 0.444. The molecule has 1 aliphatic heterocycles. The maximum Gasteiger partial charge on any atom is 0.534 e. The summed E-state index contributed by atoms with van der Waals surface area (Å²) in [6.45, 7) is 2.45. The molecule has 0 radical (unpaired) electrons. The van der Waals surface area contributed by atoms with Crippen LogP contribution in [0.5, 0.6) is 5.88 Å². The van der Waals surface area contributed by atoms with Gasteiger partial charge in [0, 0.05) is 19.5 Å². The summed E-state index contributed by atoms with van der Waals surface area (Å²) in [7, 11) is -9.97. The molecule has 1 aromatic heterocycles. The number of unbranched alkanes of at least 4 members (excludes halogenated alkanes) is 1. The molecule has 0 aliphatic carbocycles. The standard InChI is InChI=1S/C27H30F3N3O7S2/c1-2-39-25(34)11-7-6-10-23-26(40-42(37,38)27(28,29)30)32-22-13-12-21(18-24(22)31-23)41(35,36)33-16-14-20(15-17-33)19-8-4-3-5-9-19/h3-5,8-9,12-13,18,20H,2,6-7,10-11,14-17H2,1H3. The van der Waals surface area contributed by atoms with Gasteiger partial charge in [-0.2, -0.15) is 25.9 Å². The number of carbonyl (C=O) groups is 1. The van der Waals surface area contributed by atoms with E-state index in [1.807, 2.05) is 30.3 Å². The lowest BCUT2D eigenvalue weighted by molar-refractivity contribution is -0.143. The molecule has 2 aromatic carbocycles. The van der Waals surface area contributed by atoms with Gasteiger partial charge in [-0.05, 0) is 68.7 Å². The molecule has 4 rings (SSSR count). The maximum absolute atomic E-state index is 13.5. The van der Waals surface area contributed by atoms with E-state index < -0.39 is 37.5 Å². The van der Waals surface area contributed by atoms with Crippen LogP contribution >= 0.6 is 0 Å². The van der Waals surface area contributed by atoms with Gasteiger partial charge in [-0.1, -0.05) is 30.3 Å². The summed E-state index contributed by atoms with van der Waals surface area (Å²) < 4.78 is 100.0. The predicted molar refractivity (Wildman–Crippen MR) is 147 cm³/mol. The smallest absolute Gasteiger partial charge is 0.466 e. The summed E-state index contributed by atoms with van der Waals surface area (Å²) in [6.07, 6.45) is 1.72. The highest BCUT2D eigenvalue weighted by molar-refractivity contribution is 7.89. The van der Waals surface area contributed by atoms with Gasteiger partial charge >= 0.3 is 21.6 Å². The van der Waals surface area contributed by atoms with Crippen LogP contribution in [-0.2, 0) is 36.1 Å². The lowest BCUT2D eigenvalue weighted by atomic mass is 9.90. The molecule has 0 bridgehead atoms. The Morgan fingerprint density at radius 1 is 0.976 bits per heavy atom. The molecule has 1 fully saturated rings. The molecular formula is C27H30F3N3O7S2. The second-order valence-electron chi connectivity index (χ2n) is 9.71. The highest BCUT2D eigenvalue weighted by atomic mass is 32.2. The van der Waals surface area contributed by atoms with Crippen molar-refractivity contribution >= 4 is 37.1 Å². The van der Waals surface area contributed by atoms with Crippen molar-refractivity contribution in [1.29, 1.82) is 0 Å². The SMILES string of the molecule is CCOC(=O)CCCCc1nc2cc(S(=O)(=O)N3CCC(c4ccccc4)CC3)ccc2nc1OS(=O)(=O)C(F)(F)F. The molecular weight excluding hydrogens is 599 g/mol. The Labute approximate surface area is 242 Å². The third-order valence-corrected chi connectivity index (χ3v) is 9.69. The number of sulfonamides is 1. The molecule has 1 saturated heterocycles. The summed E-state index contributed by atoms with van der Waals surface area (Å²) in [5.41, 5.74) is -4.79. The second-order valence-corrected chi connectivity index (χ2v) is 13.2. The Morgan fingerprint density at radius 2 is 1.67 bits per heavy atom. The lowest BCUT2D eigenvalue weighted by Crippen LogP contribution is -2.37. The summed E-state index contributed by atoms with van der Waals surface area (Å²) in [4.78, 5) is 19.7. The van der Waals surface area contributed by atoms with E-state index in [2.05, 4.69) is 14.2 Å². The molecule has 10 nitrogen and oxygen atoms in total. The fourth-order valence-electron chi connectivity index (χ4n) is 4.69. The summed E-state index contributed by atoms with van der Waals surface area (Å²) in [5.74, 6) is -1.09. The maximum atomic E-state index is 13.5. The zero-order valence-corrected chi connectivity index (χ0v) is 24.3. The zero-order valence-electron chi connectivity index (χ0n) is 22.7. The van der Waals surface area contributed by atoms with Gasteiger partial charge in [0.25, 0.3) is 5.88 Å². The third kappa shape index (κ3) is 7.36. The molecule has 0 saturated carbocycles. The van der Waals surface area contributed by atoms with Crippen molar-refractivity contribution in [2.75, 3.05) is 19.7 Å². The van der Waals surface area contributed by atoms with Crippen LogP contribution in [0.25, 0.3) is 11.0 Å². The molecule has 15 heteroatoms. The fourth-order valence-corrected chi connectivity index (χ4v) is 6.62. The summed E-state index contributed by atoms with van der Waals surface area (Å²) in [5, 5.41) is 0. The van der Waals surface area contributed by atoms with Crippen LogP contribution < -0.4 is 4.18 Å².